The van der Waals surface area contributed by atoms with Crippen LogP contribution in [0, 0.1) is 12.4 Å². The molecule has 1 aliphatic rings. The normalized spacial score (nSPS) is 15.7. The van der Waals surface area contributed by atoms with Crippen molar-refractivity contribution in [3.8, 4) is 11.5 Å². The zero-order valence-corrected chi connectivity index (χ0v) is 17.6. The lowest BCUT2D eigenvalue weighted by Gasteiger charge is -2.36. The summed E-state index contributed by atoms with van der Waals surface area (Å²) in [6.07, 6.45) is 1.68. The van der Waals surface area contributed by atoms with Crippen LogP contribution in [0.25, 0.3) is 38.3 Å². The minimum absolute atomic E-state index is 0.174. The van der Waals surface area contributed by atoms with Gasteiger partial charge in [-0.2, -0.15) is 0 Å². The molecular weight excluding hydrogens is 393 g/mol. The molecule has 0 spiro atoms. The van der Waals surface area contributed by atoms with Crippen molar-refractivity contribution < 1.29 is 9.50 Å². The number of hydrogen-bond donors (Lipinski definition) is 1. The lowest BCUT2D eigenvalue weighted by molar-refractivity contribution is 0.288. The highest BCUT2D eigenvalue weighted by Crippen LogP contribution is 2.42. The van der Waals surface area contributed by atoms with Gasteiger partial charge in [-0.3, -0.25) is 0 Å². The topological polar surface area (TPSA) is 50.6 Å². The summed E-state index contributed by atoms with van der Waals surface area (Å²) >= 11 is 0. The number of anilines is 1. The van der Waals surface area contributed by atoms with E-state index >= 15 is 0 Å². The van der Waals surface area contributed by atoms with Crippen LogP contribution < -0.4 is 4.90 Å². The Hall–Kier alpha value is -3.37. The predicted octanol–water partition coefficient (Wildman–Crippen LogP) is 5.04. The molecule has 1 unspecified atom stereocenters. The number of rotatable bonds is 5. The van der Waals surface area contributed by atoms with Gasteiger partial charge in [0.2, 0.25) is 0 Å². The second kappa shape index (κ2) is 7.40. The third-order valence-electron chi connectivity index (χ3n) is 6.30. The average Bonchev–Trinajstić information content (AvgIpc) is 3.32. The van der Waals surface area contributed by atoms with Gasteiger partial charge in [-0.15, -0.1) is 0 Å². The summed E-state index contributed by atoms with van der Waals surface area (Å²) in [5.74, 6) is 0.267. The van der Waals surface area contributed by atoms with Crippen molar-refractivity contribution in [2.24, 2.45) is 7.05 Å². The molecule has 0 amide bonds. The monoisotopic (exact) mass is 417 g/mol. The number of aryl methyl sites for hydroxylation is 1. The highest BCUT2D eigenvalue weighted by molar-refractivity contribution is 5.97. The minimum Gasteiger partial charge on any atom is -0.396 e. The predicted molar refractivity (Wildman–Crippen MR) is 121 cm³/mol. The Morgan fingerprint density at radius 2 is 2.10 bits per heavy atom. The minimum atomic E-state index is -0.428. The summed E-state index contributed by atoms with van der Waals surface area (Å²) in [5, 5.41) is 10.4. The molecule has 31 heavy (non-hydrogen) atoms. The van der Waals surface area contributed by atoms with Gasteiger partial charge >= 0.3 is 0 Å². The van der Waals surface area contributed by atoms with Crippen LogP contribution in [0.3, 0.4) is 0 Å². The fourth-order valence-corrected chi connectivity index (χ4v) is 4.87. The number of para-hydroxylation sites is 1. The van der Waals surface area contributed by atoms with Crippen molar-refractivity contribution >= 4 is 33.3 Å². The summed E-state index contributed by atoms with van der Waals surface area (Å²) in [6, 6.07) is 11.6. The van der Waals surface area contributed by atoms with Gasteiger partial charge in [0, 0.05) is 32.1 Å². The van der Waals surface area contributed by atoms with Crippen molar-refractivity contribution in [1.82, 2.24) is 14.1 Å². The van der Waals surface area contributed by atoms with E-state index in [9.17, 15) is 9.50 Å². The van der Waals surface area contributed by atoms with E-state index in [0.29, 0.717) is 16.9 Å². The van der Waals surface area contributed by atoms with E-state index in [1.165, 1.54) is 6.07 Å². The molecule has 0 radical (unpaired) electrons. The third kappa shape index (κ3) is 2.90. The largest absolute Gasteiger partial charge is 0.396 e. The van der Waals surface area contributed by atoms with E-state index in [4.69, 9.17) is 11.6 Å². The van der Waals surface area contributed by atoms with E-state index in [-0.39, 0.29) is 18.3 Å². The fraction of sp³-hybridized carbons (Fsp3) is 0.333. The molecule has 2 aromatic heterocycles. The van der Waals surface area contributed by atoms with Gasteiger partial charge in [0.25, 0.3) is 0 Å². The first-order valence-electron chi connectivity index (χ1n) is 10.6. The van der Waals surface area contributed by atoms with Crippen LogP contribution >= 0.6 is 0 Å². The fourth-order valence-electron chi connectivity index (χ4n) is 4.87. The van der Waals surface area contributed by atoms with E-state index in [0.717, 1.165) is 48.2 Å². The Bertz CT molecular complexity index is 1350. The maximum absolute atomic E-state index is 14.8. The number of aromatic nitrogens is 3. The van der Waals surface area contributed by atoms with Gasteiger partial charge in [0.15, 0.2) is 11.5 Å². The van der Waals surface area contributed by atoms with Gasteiger partial charge in [0.1, 0.15) is 11.3 Å². The lowest BCUT2D eigenvalue weighted by Crippen LogP contribution is -2.36. The molecule has 4 aromatic rings. The molecule has 6 nitrogen and oxygen atoms in total. The van der Waals surface area contributed by atoms with Crippen LogP contribution in [0.15, 0.2) is 36.4 Å². The molecule has 1 aliphatic heterocycles. The number of nitrogens with zero attached hydrogens (tertiary/aromatic N) is 5. The molecule has 1 atom stereocenters. The zero-order chi connectivity index (χ0) is 21.7. The Morgan fingerprint density at radius 1 is 1.26 bits per heavy atom. The number of halogens is 1. The van der Waals surface area contributed by atoms with Crippen LogP contribution in [0.4, 0.5) is 15.8 Å². The third-order valence-corrected chi connectivity index (χ3v) is 6.30. The highest BCUT2D eigenvalue weighted by Gasteiger charge is 2.29. The molecule has 3 heterocycles. The number of benzene rings is 2. The van der Waals surface area contributed by atoms with E-state index in [2.05, 4.69) is 45.5 Å². The van der Waals surface area contributed by atoms with Gasteiger partial charge in [-0.1, -0.05) is 19.1 Å². The van der Waals surface area contributed by atoms with Crippen molar-refractivity contribution in [3.63, 3.8) is 0 Å². The lowest BCUT2D eigenvalue weighted by atomic mass is 10.1. The Labute approximate surface area is 180 Å². The number of aliphatic hydroxyl groups is 1. The van der Waals surface area contributed by atoms with Crippen molar-refractivity contribution in [2.45, 2.75) is 25.8 Å². The quantitative estimate of drug-likeness (QED) is 0.463. The van der Waals surface area contributed by atoms with Crippen molar-refractivity contribution in [2.75, 3.05) is 24.6 Å². The maximum Gasteiger partial charge on any atom is 0.192 e. The average molecular weight is 417 g/mol. The molecule has 0 saturated carbocycles. The van der Waals surface area contributed by atoms with Gasteiger partial charge in [-0.25, -0.2) is 14.2 Å². The summed E-state index contributed by atoms with van der Waals surface area (Å²) in [7, 11) is 1.83. The Kier molecular flexibility index (Phi) is 4.67. The summed E-state index contributed by atoms with van der Waals surface area (Å²) in [6.45, 7) is 11.2. The van der Waals surface area contributed by atoms with Gasteiger partial charge in [0.05, 0.1) is 35.0 Å². The van der Waals surface area contributed by atoms with Crippen LogP contribution in [-0.2, 0) is 7.05 Å². The smallest absolute Gasteiger partial charge is 0.192 e. The maximum atomic E-state index is 14.8. The molecule has 0 fully saturated rings. The molecular formula is C24H24FN5O. The number of imidazole rings is 1. The Morgan fingerprint density at radius 3 is 2.84 bits per heavy atom. The summed E-state index contributed by atoms with van der Waals surface area (Å²) < 4.78 is 18.9. The van der Waals surface area contributed by atoms with Crippen LogP contribution in [0.5, 0.6) is 0 Å². The van der Waals surface area contributed by atoms with Crippen molar-refractivity contribution in [1.29, 1.82) is 0 Å². The second-order valence-corrected chi connectivity index (χ2v) is 8.10. The number of hydrogen-bond acceptors (Lipinski definition) is 3. The highest BCUT2D eigenvalue weighted by atomic mass is 19.1. The van der Waals surface area contributed by atoms with Crippen LogP contribution in [0.1, 0.15) is 25.8 Å². The molecule has 7 heteroatoms. The molecule has 0 saturated heterocycles. The van der Waals surface area contributed by atoms with Gasteiger partial charge in [-0.05, 0) is 37.1 Å². The standard InChI is InChI=1S/C24H24FN5O/c1-4-17-14-29(9-6-10-31)20-8-5-7-15-11-21(30(17)22(15)20)24-27-19-13-16(26-2)12-18(25)23(19)28(24)3/h5,7-8,11-13,17,31H,4,6,9-10,14H2,1,3H3. The van der Waals surface area contributed by atoms with E-state index in [1.807, 2.05) is 7.05 Å². The molecule has 1 N–H and O–H groups in total. The molecule has 5 rings (SSSR count). The van der Waals surface area contributed by atoms with Crippen molar-refractivity contribution in [3.05, 3.63) is 53.6 Å². The molecule has 2 aromatic carbocycles. The number of fused-ring (bicyclic) bond motifs is 1. The second-order valence-electron chi connectivity index (χ2n) is 8.10. The first-order valence-corrected chi connectivity index (χ1v) is 10.6. The van der Waals surface area contributed by atoms with E-state index < -0.39 is 5.82 Å². The first kappa shape index (κ1) is 19.6. The SMILES string of the molecule is [C-]#[N+]c1cc(F)c2c(c1)nc(-c1cc3cccc4c3n1C(CC)CN4CCCO)n2C. The summed E-state index contributed by atoms with van der Waals surface area (Å²) in [4.78, 5) is 10.5. The number of aliphatic hydroxyl groups excluding tert-OH is 1. The van der Waals surface area contributed by atoms with Gasteiger partial charge < -0.3 is 19.1 Å². The summed E-state index contributed by atoms with van der Waals surface area (Å²) in [5.41, 5.74) is 4.43. The molecule has 0 aliphatic carbocycles. The molecule has 158 valence electrons. The Balaban J connectivity index is 1.77. The van der Waals surface area contributed by atoms with Crippen LogP contribution in [-0.4, -0.2) is 38.9 Å². The first-order chi connectivity index (χ1) is 15.1. The zero-order valence-electron chi connectivity index (χ0n) is 17.6. The van der Waals surface area contributed by atoms with E-state index in [1.54, 1.807) is 10.6 Å². The van der Waals surface area contributed by atoms with Crippen LogP contribution in [0.2, 0.25) is 0 Å². The molecule has 0 bridgehead atoms.